The molecule has 9 heteroatoms. The zero-order chi connectivity index (χ0) is 26.0. The van der Waals surface area contributed by atoms with Gasteiger partial charge in [-0.2, -0.15) is 4.98 Å². The smallest absolute Gasteiger partial charge is 0.301 e. The minimum Gasteiger partial charge on any atom is -0.424 e. The van der Waals surface area contributed by atoms with Gasteiger partial charge in [0.2, 0.25) is 5.91 Å². The highest BCUT2D eigenvalue weighted by Gasteiger charge is 2.24. The molecule has 1 fully saturated rings. The molecule has 0 saturated carbocycles. The molecule has 0 radical (unpaired) electrons. The van der Waals surface area contributed by atoms with E-state index in [9.17, 15) is 4.79 Å². The molecule has 1 amide bonds. The van der Waals surface area contributed by atoms with E-state index in [2.05, 4.69) is 44.5 Å². The Morgan fingerprint density at radius 1 is 1.16 bits per heavy atom. The van der Waals surface area contributed by atoms with Gasteiger partial charge in [-0.1, -0.05) is 42.8 Å². The van der Waals surface area contributed by atoms with Gasteiger partial charge in [-0.15, -0.1) is 0 Å². The van der Waals surface area contributed by atoms with Crippen LogP contribution in [0.4, 0.5) is 0 Å². The average molecular weight is 520 g/mol. The maximum Gasteiger partial charge on any atom is 0.301 e. The molecular weight excluding hydrogens is 490 g/mol. The Balaban J connectivity index is 1.33. The first kappa shape index (κ1) is 25.2. The van der Waals surface area contributed by atoms with Gasteiger partial charge in [0, 0.05) is 25.2 Å². The number of aromatic amines is 1. The summed E-state index contributed by atoms with van der Waals surface area (Å²) in [6, 6.07) is 14.1. The Morgan fingerprint density at radius 2 is 1.92 bits per heavy atom. The lowest BCUT2D eigenvalue weighted by Gasteiger charge is -2.25. The highest BCUT2D eigenvalue weighted by Crippen LogP contribution is 2.33. The standard InChI is InChI=1S/C28H30ClN5O3/c1-4-24(35)34-28(2,3)23-10-9-20(16-30-23)37-27-31-22-15-21(29)25(32-26(22)33-27)19-7-5-17(6-8-19)18-11-13-36-14-12-18/h5-10,15-16,18H,4,11-14H2,1-3H3,(H,34,35)(H,31,32,33). The largest absolute Gasteiger partial charge is 0.424 e. The van der Waals surface area contributed by atoms with Crippen molar-refractivity contribution in [1.82, 2.24) is 25.3 Å². The minimum absolute atomic E-state index is 0.0322. The number of ether oxygens (including phenoxy) is 2. The van der Waals surface area contributed by atoms with E-state index in [0.29, 0.717) is 46.0 Å². The SMILES string of the molecule is CCC(=O)NC(C)(C)c1ccc(Oc2nc3nc(-c4ccc(C5CCOCC5)cc4)c(Cl)cc3[nH]2)cn1. The molecule has 1 saturated heterocycles. The summed E-state index contributed by atoms with van der Waals surface area (Å²) in [6.45, 7) is 7.27. The molecule has 0 unspecified atom stereocenters. The van der Waals surface area contributed by atoms with Gasteiger partial charge in [0.25, 0.3) is 0 Å². The van der Waals surface area contributed by atoms with Crippen molar-refractivity contribution < 1.29 is 14.3 Å². The van der Waals surface area contributed by atoms with Crippen LogP contribution in [0.15, 0.2) is 48.7 Å². The van der Waals surface area contributed by atoms with Crippen molar-refractivity contribution in [3.8, 4) is 23.0 Å². The van der Waals surface area contributed by atoms with E-state index in [-0.39, 0.29) is 5.91 Å². The minimum atomic E-state index is -0.592. The first-order valence-electron chi connectivity index (χ1n) is 12.5. The molecule has 192 valence electrons. The number of aromatic nitrogens is 4. The van der Waals surface area contributed by atoms with Crippen LogP contribution in [0.5, 0.6) is 11.8 Å². The van der Waals surface area contributed by atoms with Crippen LogP contribution in [-0.4, -0.2) is 39.1 Å². The lowest BCUT2D eigenvalue weighted by molar-refractivity contribution is -0.122. The van der Waals surface area contributed by atoms with Gasteiger partial charge in [0.05, 0.1) is 33.7 Å². The Hall–Kier alpha value is -3.49. The van der Waals surface area contributed by atoms with Crippen molar-refractivity contribution in [3.63, 3.8) is 0 Å². The van der Waals surface area contributed by atoms with Crippen LogP contribution >= 0.6 is 11.6 Å². The first-order valence-corrected chi connectivity index (χ1v) is 12.9. The van der Waals surface area contributed by atoms with Crippen molar-refractivity contribution in [2.24, 2.45) is 0 Å². The highest BCUT2D eigenvalue weighted by atomic mass is 35.5. The summed E-state index contributed by atoms with van der Waals surface area (Å²) in [5.41, 5.74) is 4.25. The van der Waals surface area contributed by atoms with Crippen LogP contribution in [0.2, 0.25) is 5.02 Å². The number of pyridine rings is 2. The van der Waals surface area contributed by atoms with Crippen molar-refractivity contribution in [2.45, 2.75) is 51.5 Å². The van der Waals surface area contributed by atoms with E-state index in [0.717, 1.165) is 37.3 Å². The van der Waals surface area contributed by atoms with Gasteiger partial charge in [0.15, 0.2) is 5.65 Å². The second kappa shape index (κ2) is 10.5. The van der Waals surface area contributed by atoms with Gasteiger partial charge in [-0.25, -0.2) is 4.98 Å². The van der Waals surface area contributed by atoms with E-state index >= 15 is 0 Å². The lowest BCUT2D eigenvalue weighted by atomic mass is 9.91. The van der Waals surface area contributed by atoms with Gasteiger partial charge >= 0.3 is 6.01 Å². The second-order valence-corrected chi connectivity index (χ2v) is 10.2. The quantitative estimate of drug-likeness (QED) is 0.305. The number of imidazole rings is 1. The number of hydrogen-bond donors (Lipinski definition) is 2. The summed E-state index contributed by atoms with van der Waals surface area (Å²) in [5, 5.41) is 3.50. The summed E-state index contributed by atoms with van der Waals surface area (Å²) in [4.78, 5) is 28.6. The molecule has 0 aliphatic carbocycles. The maximum atomic E-state index is 11.8. The van der Waals surface area contributed by atoms with E-state index in [4.69, 9.17) is 26.1 Å². The molecule has 8 nitrogen and oxygen atoms in total. The lowest BCUT2D eigenvalue weighted by Crippen LogP contribution is -2.41. The summed E-state index contributed by atoms with van der Waals surface area (Å²) < 4.78 is 11.4. The van der Waals surface area contributed by atoms with E-state index < -0.39 is 5.54 Å². The number of rotatable bonds is 7. The Labute approximate surface area is 220 Å². The predicted molar refractivity (Wildman–Crippen MR) is 143 cm³/mol. The zero-order valence-corrected chi connectivity index (χ0v) is 21.9. The molecule has 1 aromatic carbocycles. The number of carbonyl (C=O) groups is 1. The average Bonchev–Trinajstić information content (AvgIpc) is 3.29. The summed E-state index contributed by atoms with van der Waals surface area (Å²) in [7, 11) is 0. The van der Waals surface area contributed by atoms with Crippen molar-refractivity contribution in [2.75, 3.05) is 13.2 Å². The number of nitrogens with zero attached hydrogens (tertiary/aromatic N) is 3. The molecule has 0 bridgehead atoms. The van der Waals surface area contributed by atoms with Crippen molar-refractivity contribution >= 4 is 28.7 Å². The van der Waals surface area contributed by atoms with E-state index in [1.807, 2.05) is 32.9 Å². The molecule has 2 N–H and O–H groups in total. The zero-order valence-electron chi connectivity index (χ0n) is 21.2. The van der Waals surface area contributed by atoms with E-state index in [1.54, 1.807) is 12.3 Å². The number of benzene rings is 1. The summed E-state index contributed by atoms with van der Waals surface area (Å²) >= 11 is 6.59. The van der Waals surface area contributed by atoms with Gasteiger partial charge in [-0.05, 0) is 56.4 Å². The third-order valence-electron chi connectivity index (χ3n) is 6.65. The maximum absolute atomic E-state index is 11.8. The fourth-order valence-electron chi connectivity index (χ4n) is 4.51. The molecule has 1 aliphatic rings. The molecule has 3 aromatic heterocycles. The number of amides is 1. The highest BCUT2D eigenvalue weighted by molar-refractivity contribution is 6.33. The van der Waals surface area contributed by atoms with Crippen LogP contribution in [0.3, 0.4) is 0 Å². The predicted octanol–water partition coefficient (Wildman–Crippen LogP) is 6.12. The van der Waals surface area contributed by atoms with Gasteiger partial charge in [0.1, 0.15) is 5.75 Å². The Morgan fingerprint density at radius 3 is 2.59 bits per heavy atom. The second-order valence-electron chi connectivity index (χ2n) is 9.75. The summed E-state index contributed by atoms with van der Waals surface area (Å²) in [5.74, 6) is 1.01. The first-order chi connectivity index (χ1) is 17.8. The third kappa shape index (κ3) is 5.60. The Kier molecular flexibility index (Phi) is 7.13. The molecule has 4 aromatic rings. The number of fused-ring (bicyclic) bond motifs is 1. The molecular formula is C28H30ClN5O3. The molecule has 37 heavy (non-hydrogen) atoms. The van der Waals surface area contributed by atoms with Gasteiger partial charge < -0.3 is 19.8 Å². The molecule has 5 rings (SSSR count). The van der Waals surface area contributed by atoms with Crippen LogP contribution in [0, 0.1) is 0 Å². The van der Waals surface area contributed by atoms with Gasteiger partial charge in [-0.3, -0.25) is 9.78 Å². The van der Waals surface area contributed by atoms with E-state index in [1.165, 1.54) is 5.56 Å². The van der Waals surface area contributed by atoms with Crippen molar-refractivity contribution in [3.05, 3.63) is 64.9 Å². The number of nitrogens with one attached hydrogen (secondary N) is 2. The number of halogens is 1. The summed E-state index contributed by atoms with van der Waals surface area (Å²) in [6.07, 6.45) is 4.11. The fraction of sp³-hybridized carbons (Fsp3) is 0.357. The van der Waals surface area contributed by atoms with Crippen LogP contribution in [-0.2, 0) is 15.1 Å². The molecule has 0 spiro atoms. The fourth-order valence-corrected chi connectivity index (χ4v) is 4.77. The monoisotopic (exact) mass is 519 g/mol. The number of H-pyrrole nitrogens is 1. The molecule has 4 heterocycles. The third-order valence-corrected chi connectivity index (χ3v) is 6.93. The van der Waals surface area contributed by atoms with Crippen LogP contribution in [0.25, 0.3) is 22.4 Å². The van der Waals surface area contributed by atoms with Crippen LogP contribution in [0.1, 0.15) is 57.2 Å². The number of hydrogen-bond acceptors (Lipinski definition) is 6. The topological polar surface area (TPSA) is 102 Å². The molecule has 0 atom stereocenters. The van der Waals surface area contributed by atoms with Crippen LogP contribution < -0.4 is 10.1 Å². The molecule has 1 aliphatic heterocycles. The normalized spacial score (nSPS) is 14.6. The number of carbonyl (C=O) groups excluding carboxylic acids is 1. The van der Waals surface area contributed by atoms with Crippen molar-refractivity contribution in [1.29, 1.82) is 0 Å². The Bertz CT molecular complexity index is 1390.